The Balaban J connectivity index is 2.74. The summed E-state index contributed by atoms with van der Waals surface area (Å²) in [5.41, 5.74) is 0.125. The Bertz CT molecular complexity index is 509. The van der Waals surface area contributed by atoms with E-state index in [0.29, 0.717) is 0 Å². The zero-order valence-electron chi connectivity index (χ0n) is 10.2. The van der Waals surface area contributed by atoms with Crippen LogP contribution in [0.3, 0.4) is 0 Å². The molecular formula is C12H10N2O6-2. The summed E-state index contributed by atoms with van der Waals surface area (Å²) in [5.74, 6) is -4.27. The lowest BCUT2D eigenvalue weighted by atomic mass is 10.1. The molecule has 0 unspecified atom stereocenters. The maximum Gasteiger partial charge on any atom is 0.251 e. The van der Waals surface area contributed by atoms with E-state index in [9.17, 15) is 29.4 Å². The predicted molar refractivity (Wildman–Crippen MR) is 61.1 cm³/mol. The molecule has 0 fully saturated rings. The van der Waals surface area contributed by atoms with E-state index in [2.05, 4.69) is 10.6 Å². The number of hydrogen-bond acceptors (Lipinski definition) is 6. The van der Waals surface area contributed by atoms with Crippen LogP contribution < -0.4 is 20.8 Å². The second kappa shape index (κ2) is 6.88. The van der Waals surface area contributed by atoms with Gasteiger partial charge in [0, 0.05) is 11.1 Å². The van der Waals surface area contributed by atoms with Crippen LogP contribution in [0.4, 0.5) is 0 Å². The van der Waals surface area contributed by atoms with Crippen molar-refractivity contribution >= 4 is 23.8 Å². The van der Waals surface area contributed by atoms with Crippen LogP contribution >= 0.6 is 0 Å². The molecule has 0 bridgehead atoms. The molecule has 106 valence electrons. The van der Waals surface area contributed by atoms with E-state index < -0.39 is 36.8 Å². The molecule has 0 saturated heterocycles. The minimum atomic E-state index is -1.44. The zero-order valence-corrected chi connectivity index (χ0v) is 10.2. The van der Waals surface area contributed by atoms with Crippen LogP contribution in [0, 0.1) is 0 Å². The molecule has 2 N–H and O–H groups in total. The fourth-order valence-corrected chi connectivity index (χ4v) is 1.31. The molecule has 0 radical (unpaired) electrons. The highest BCUT2D eigenvalue weighted by Crippen LogP contribution is 2.05. The van der Waals surface area contributed by atoms with Crippen molar-refractivity contribution in [1.82, 2.24) is 10.6 Å². The smallest absolute Gasteiger partial charge is 0.251 e. The topological polar surface area (TPSA) is 138 Å². The van der Waals surface area contributed by atoms with Gasteiger partial charge in [0.1, 0.15) is 0 Å². The number of amides is 2. The summed E-state index contributed by atoms with van der Waals surface area (Å²) < 4.78 is 0. The molecule has 0 heterocycles. The van der Waals surface area contributed by atoms with Gasteiger partial charge in [0.25, 0.3) is 11.8 Å². The molecule has 0 saturated carbocycles. The van der Waals surface area contributed by atoms with Gasteiger partial charge >= 0.3 is 0 Å². The molecule has 0 aliphatic rings. The van der Waals surface area contributed by atoms with Gasteiger partial charge in [-0.05, 0) is 18.2 Å². The van der Waals surface area contributed by atoms with Gasteiger partial charge in [-0.3, -0.25) is 9.59 Å². The van der Waals surface area contributed by atoms with Crippen LogP contribution in [0.2, 0.25) is 0 Å². The van der Waals surface area contributed by atoms with Crippen molar-refractivity contribution < 1.29 is 29.4 Å². The van der Waals surface area contributed by atoms with Gasteiger partial charge < -0.3 is 30.4 Å². The number of nitrogens with one attached hydrogen (secondary N) is 2. The molecule has 1 aromatic carbocycles. The second-order valence-corrected chi connectivity index (χ2v) is 3.69. The molecule has 1 rings (SSSR count). The summed E-state index contributed by atoms with van der Waals surface area (Å²) in [7, 11) is 0. The number of benzene rings is 1. The normalized spacial score (nSPS) is 9.60. The SMILES string of the molecule is O=C([O-])CNC(=O)c1cccc(C(=O)NCC(=O)[O-])c1. The summed E-state index contributed by atoms with van der Waals surface area (Å²) >= 11 is 0. The highest BCUT2D eigenvalue weighted by atomic mass is 16.4. The molecule has 0 spiro atoms. The largest absolute Gasteiger partial charge is 0.548 e. The first-order valence-corrected chi connectivity index (χ1v) is 5.46. The number of aliphatic carboxylic acids is 2. The number of carbonyl (C=O) groups is 4. The maximum atomic E-state index is 11.6. The average molecular weight is 278 g/mol. The van der Waals surface area contributed by atoms with Crippen molar-refractivity contribution in [2.75, 3.05) is 13.1 Å². The Kier molecular flexibility index (Phi) is 5.21. The van der Waals surface area contributed by atoms with Crippen LogP contribution in [0.1, 0.15) is 20.7 Å². The van der Waals surface area contributed by atoms with E-state index in [-0.39, 0.29) is 11.1 Å². The summed E-state index contributed by atoms with van der Waals surface area (Å²) in [6, 6.07) is 5.36. The Morgan fingerprint density at radius 2 is 1.25 bits per heavy atom. The monoisotopic (exact) mass is 278 g/mol. The molecule has 0 aliphatic heterocycles. The van der Waals surface area contributed by atoms with E-state index >= 15 is 0 Å². The van der Waals surface area contributed by atoms with Gasteiger partial charge in [0.15, 0.2) is 0 Å². The molecule has 20 heavy (non-hydrogen) atoms. The lowest BCUT2D eigenvalue weighted by Gasteiger charge is -2.08. The molecule has 0 aromatic heterocycles. The number of rotatable bonds is 6. The lowest BCUT2D eigenvalue weighted by Crippen LogP contribution is -2.38. The van der Waals surface area contributed by atoms with Crippen LogP contribution in [-0.2, 0) is 9.59 Å². The molecule has 2 amide bonds. The van der Waals surface area contributed by atoms with Crippen molar-refractivity contribution in [2.45, 2.75) is 0 Å². The van der Waals surface area contributed by atoms with E-state index in [1.54, 1.807) is 0 Å². The Morgan fingerprint density at radius 3 is 1.60 bits per heavy atom. The third-order valence-electron chi connectivity index (χ3n) is 2.17. The minimum Gasteiger partial charge on any atom is -0.548 e. The van der Waals surface area contributed by atoms with Gasteiger partial charge in [-0.25, -0.2) is 0 Å². The average Bonchev–Trinajstić information content (AvgIpc) is 2.42. The molecule has 8 nitrogen and oxygen atoms in total. The molecule has 8 heteroatoms. The van der Waals surface area contributed by atoms with Gasteiger partial charge in [-0.1, -0.05) is 6.07 Å². The van der Waals surface area contributed by atoms with Gasteiger partial charge in [-0.2, -0.15) is 0 Å². The van der Waals surface area contributed by atoms with Gasteiger partial charge in [-0.15, -0.1) is 0 Å². The van der Waals surface area contributed by atoms with Gasteiger partial charge in [0.2, 0.25) is 0 Å². The van der Waals surface area contributed by atoms with Crippen LogP contribution in [-0.4, -0.2) is 36.8 Å². The maximum absolute atomic E-state index is 11.6. The predicted octanol–water partition coefficient (Wildman–Crippen LogP) is -3.35. The third kappa shape index (κ3) is 4.77. The van der Waals surface area contributed by atoms with Crippen LogP contribution in [0.25, 0.3) is 0 Å². The van der Waals surface area contributed by atoms with Crippen molar-refractivity contribution in [2.24, 2.45) is 0 Å². The molecular weight excluding hydrogens is 268 g/mol. The Morgan fingerprint density at radius 1 is 0.850 bits per heavy atom. The number of carboxylic acids is 2. The van der Waals surface area contributed by atoms with E-state index in [1.807, 2.05) is 0 Å². The van der Waals surface area contributed by atoms with Crippen LogP contribution in [0.15, 0.2) is 24.3 Å². The Hall–Kier alpha value is -2.90. The first kappa shape index (κ1) is 15.2. The fraction of sp³-hybridized carbons (Fsp3) is 0.167. The number of hydrogen-bond donors (Lipinski definition) is 2. The van der Waals surface area contributed by atoms with Gasteiger partial charge in [0.05, 0.1) is 25.0 Å². The molecule has 0 atom stereocenters. The summed E-state index contributed by atoms with van der Waals surface area (Å²) in [4.78, 5) is 43.5. The third-order valence-corrected chi connectivity index (χ3v) is 2.17. The lowest BCUT2D eigenvalue weighted by molar-refractivity contribution is -0.305. The van der Waals surface area contributed by atoms with Crippen LogP contribution in [0.5, 0.6) is 0 Å². The number of carboxylic acid groups (broad SMARTS) is 2. The van der Waals surface area contributed by atoms with Crippen molar-refractivity contribution in [1.29, 1.82) is 0 Å². The van der Waals surface area contributed by atoms with Crippen molar-refractivity contribution in [3.8, 4) is 0 Å². The van der Waals surface area contributed by atoms with E-state index in [0.717, 1.165) is 0 Å². The van der Waals surface area contributed by atoms with Crippen molar-refractivity contribution in [3.63, 3.8) is 0 Å². The highest BCUT2D eigenvalue weighted by Gasteiger charge is 2.10. The first-order chi connectivity index (χ1) is 9.40. The summed E-state index contributed by atoms with van der Waals surface area (Å²) in [5, 5.41) is 24.6. The quantitative estimate of drug-likeness (QED) is 0.557. The molecule has 0 aliphatic carbocycles. The summed E-state index contributed by atoms with van der Waals surface area (Å²) in [6.07, 6.45) is 0. The molecule has 1 aromatic rings. The van der Waals surface area contributed by atoms with Crippen molar-refractivity contribution in [3.05, 3.63) is 35.4 Å². The zero-order chi connectivity index (χ0) is 15.1. The standard InChI is InChI=1S/C12H12N2O6/c15-9(16)5-13-11(19)7-2-1-3-8(4-7)12(20)14-6-10(17)18/h1-4H,5-6H2,(H,13,19)(H,14,20)(H,15,16)(H,17,18)/p-2. The fourth-order valence-electron chi connectivity index (χ4n) is 1.31. The second-order valence-electron chi connectivity index (χ2n) is 3.69. The number of carbonyl (C=O) groups excluding carboxylic acids is 4. The van der Waals surface area contributed by atoms with E-state index in [4.69, 9.17) is 0 Å². The minimum absolute atomic E-state index is 0.0624. The van der Waals surface area contributed by atoms with E-state index in [1.165, 1.54) is 24.3 Å². The highest BCUT2D eigenvalue weighted by molar-refractivity contribution is 6.00. The Labute approximate surface area is 113 Å². The first-order valence-electron chi connectivity index (χ1n) is 5.46. The summed E-state index contributed by atoms with van der Waals surface area (Å²) in [6.45, 7) is -1.31.